The lowest BCUT2D eigenvalue weighted by atomic mass is 10.0. The molecule has 118 valence electrons. The zero-order valence-corrected chi connectivity index (χ0v) is 12.2. The van der Waals surface area contributed by atoms with Crippen LogP contribution < -0.4 is 5.32 Å². The molecule has 1 amide bonds. The molecule has 0 saturated heterocycles. The van der Waals surface area contributed by atoms with E-state index in [4.69, 9.17) is 9.94 Å². The van der Waals surface area contributed by atoms with Crippen molar-refractivity contribution in [2.24, 2.45) is 11.1 Å². The number of amides is 1. The van der Waals surface area contributed by atoms with Gasteiger partial charge in [0.2, 0.25) is 6.10 Å². The number of carbonyl (C=O) groups excluding carboxylic acids is 1. The van der Waals surface area contributed by atoms with Gasteiger partial charge in [0, 0.05) is 12.0 Å². The van der Waals surface area contributed by atoms with Crippen LogP contribution in [-0.2, 0) is 14.4 Å². The average Bonchev–Trinajstić information content (AvgIpc) is 2.93. The minimum absolute atomic E-state index is 0.166. The third-order valence-electron chi connectivity index (χ3n) is 3.35. The Morgan fingerprint density at radius 2 is 2.18 bits per heavy atom. The first kappa shape index (κ1) is 15.9. The fourth-order valence-corrected chi connectivity index (χ4v) is 2.12. The highest BCUT2D eigenvalue weighted by atomic mass is 19.1. The Kier molecular flexibility index (Phi) is 4.75. The minimum atomic E-state index is -1.10. The number of carbonyl (C=O) groups is 2. The van der Waals surface area contributed by atoms with Gasteiger partial charge < -0.3 is 15.3 Å². The van der Waals surface area contributed by atoms with E-state index < -0.39 is 29.8 Å². The smallest absolute Gasteiger partial charge is 0.326 e. The molecule has 1 aliphatic heterocycles. The van der Waals surface area contributed by atoms with E-state index >= 15 is 0 Å². The van der Waals surface area contributed by atoms with Crippen molar-refractivity contribution in [3.8, 4) is 0 Å². The van der Waals surface area contributed by atoms with Gasteiger partial charge in [0.05, 0.1) is 5.71 Å². The Morgan fingerprint density at radius 1 is 1.45 bits per heavy atom. The molecule has 2 N–H and O–H groups in total. The van der Waals surface area contributed by atoms with Crippen molar-refractivity contribution in [3.05, 3.63) is 35.6 Å². The van der Waals surface area contributed by atoms with Gasteiger partial charge in [-0.3, -0.25) is 4.79 Å². The molecule has 6 nitrogen and oxygen atoms in total. The molecule has 0 aliphatic carbocycles. The summed E-state index contributed by atoms with van der Waals surface area (Å²) in [7, 11) is 0. The number of oxime groups is 1. The van der Waals surface area contributed by atoms with Crippen molar-refractivity contribution in [1.29, 1.82) is 0 Å². The van der Waals surface area contributed by atoms with Gasteiger partial charge >= 0.3 is 5.97 Å². The fourth-order valence-electron chi connectivity index (χ4n) is 2.12. The fraction of sp³-hybridized carbons (Fsp3) is 0.400. The maximum Gasteiger partial charge on any atom is 0.326 e. The van der Waals surface area contributed by atoms with E-state index in [1.54, 1.807) is 26.0 Å². The van der Waals surface area contributed by atoms with Crippen LogP contribution in [0.15, 0.2) is 29.4 Å². The standard InChI is InChI=1S/C15H17FN2O4/c1-8(2)13(15(20)21)17-14(19)12-7-11(18-22-12)9-4-3-5-10(16)6-9/h3-6,8,12-13H,7H2,1-2H3,(H,17,19)(H,20,21)/t12?,13-/m1/s1. The lowest BCUT2D eigenvalue weighted by Crippen LogP contribution is -2.48. The number of aliphatic carboxylic acids is 1. The molecule has 1 aliphatic rings. The van der Waals surface area contributed by atoms with Crippen LogP contribution in [0.25, 0.3) is 0 Å². The van der Waals surface area contributed by atoms with Gasteiger partial charge in [-0.25, -0.2) is 9.18 Å². The Bertz CT molecular complexity index is 615. The maximum absolute atomic E-state index is 13.2. The SMILES string of the molecule is CC(C)[C@@H](NC(=O)C1CC(c2cccc(F)c2)=NO1)C(=O)O. The highest BCUT2D eigenvalue weighted by Gasteiger charge is 2.32. The molecule has 1 unspecified atom stereocenters. The molecule has 0 saturated carbocycles. The molecule has 1 aromatic carbocycles. The lowest BCUT2D eigenvalue weighted by Gasteiger charge is -2.19. The highest BCUT2D eigenvalue weighted by Crippen LogP contribution is 2.18. The van der Waals surface area contributed by atoms with E-state index in [9.17, 15) is 14.0 Å². The predicted molar refractivity (Wildman–Crippen MR) is 76.8 cm³/mol. The Hall–Kier alpha value is -2.44. The van der Waals surface area contributed by atoms with Crippen LogP contribution in [0.1, 0.15) is 25.8 Å². The lowest BCUT2D eigenvalue weighted by molar-refractivity contribution is -0.145. The molecule has 22 heavy (non-hydrogen) atoms. The molecular formula is C15H17FN2O4. The van der Waals surface area contributed by atoms with Gasteiger partial charge in [0.25, 0.3) is 5.91 Å². The van der Waals surface area contributed by atoms with Gasteiger partial charge in [-0.05, 0) is 18.1 Å². The van der Waals surface area contributed by atoms with Gasteiger partial charge in [0.1, 0.15) is 11.9 Å². The third-order valence-corrected chi connectivity index (χ3v) is 3.35. The van der Waals surface area contributed by atoms with E-state index in [-0.39, 0.29) is 12.3 Å². The van der Waals surface area contributed by atoms with Crippen LogP contribution >= 0.6 is 0 Å². The van der Waals surface area contributed by atoms with Crippen LogP contribution in [-0.4, -0.2) is 34.8 Å². The molecule has 2 atom stereocenters. The molecule has 0 bridgehead atoms. The maximum atomic E-state index is 13.2. The Balaban J connectivity index is 1.99. The van der Waals surface area contributed by atoms with Crippen molar-refractivity contribution >= 4 is 17.6 Å². The quantitative estimate of drug-likeness (QED) is 0.863. The summed E-state index contributed by atoms with van der Waals surface area (Å²) in [5.74, 6) is -2.31. The number of hydrogen-bond acceptors (Lipinski definition) is 4. The summed E-state index contributed by atoms with van der Waals surface area (Å²) in [5, 5.41) is 15.3. The van der Waals surface area contributed by atoms with Gasteiger partial charge in [0.15, 0.2) is 0 Å². The first-order valence-electron chi connectivity index (χ1n) is 6.90. The second-order valence-electron chi connectivity index (χ2n) is 5.42. The molecule has 0 aromatic heterocycles. The normalized spacial score (nSPS) is 18.5. The van der Waals surface area contributed by atoms with Crippen molar-refractivity contribution in [2.75, 3.05) is 0 Å². The second kappa shape index (κ2) is 6.55. The van der Waals surface area contributed by atoms with E-state index in [0.717, 1.165) is 0 Å². The van der Waals surface area contributed by atoms with Crippen LogP contribution in [0.2, 0.25) is 0 Å². The van der Waals surface area contributed by atoms with E-state index in [2.05, 4.69) is 10.5 Å². The molecule has 0 spiro atoms. The monoisotopic (exact) mass is 308 g/mol. The number of nitrogens with zero attached hydrogens (tertiary/aromatic N) is 1. The molecule has 0 radical (unpaired) electrons. The number of halogens is 1. The first-order valence-corrected chi connectivity index (χ1v) is 6.90. The largest absolute Gasteiger partial charge is 0.480 e. The first-order chi connectivity index (χ1) is 10.4. The van der Waals surface area contributed by atoms with E-state index in [1.165, 1.54) is 12.1 Å². The predicted octanol–water partition coefficient (Wildman–Crippen LogP) is 1.54. The highest BCUT2D eigenvalue weighted by molar-refractivity contribution is 6.04. The number of carboxylic acids is 1. The second-order valence-corrected chi connectivity index (χ2v) is 5.42. The molecule has 1 heterocycles. The number of carboxylic acid groups (broad SMARTS) is 1. The van der Waals surface area contributed by atoms with Gasteiger partial charge in [-0.2, -0.15) is 0 Å². The summed E-state index contributed by atoms with van der Waals surface area (Å²) in [6.07, 6.45) is -0.737. The zero-order valence-electron chi connectivity index (χ0n) is 12.2. The summed E-state index contributed by atoms with van der Waals surface area (Å²) >= 11 is 0. The molecule has 7 heteroatoms. The van der Waals surface area contributed by atoms with Crippen molar-refractivity contribution in [3.63, 3.8) is 0 Å². The van der Waals surface area contributed by atoms with Crippen LogP contribution in [0, 0.1) is 11.7 Å². The summed E-state index contributed by atoms with van der Waals surface area (Å²) in [6.45, 7) is 3.40. The van der Waals surface area contributed by atoms with E-state index in [0.29, 0.717) is 11.3 Å². The van der Waals surface area contributed by atoms with Crippen molar-refractivity contribution in [1.82, 2.24) is 5.32 Å². The molecule has 1 aromatic rings. The van der Waals surface area contributed by atoms with Crippen LogP contribution in [0.5, 0.6) is 0 Å². The Morgan fingerprint density at radius 3 is 2.77 bits per heavy atom. The molecular weight excluding hydrogens is 291 g/mol. The number of benzene rings is 1. The number of rotatable bonds is 5. The summed E-state index contributed by atoms with van der Waals surface area (Å²) in [6, 6.07) is 4.83. The average molecular weight is 308 g/mol. The summed E-state index contributed by atoms with van der Waals surface area (Å²) in [4.78, 5) is 28.2. The van der Waals surface area contributed by atoms with Gasteiger partial charge in [-0.15, -0.1) is 0 Å². The Labute approximate surface area is 127 Å². The van der Waals surface area contributed by atoms with Crippen molar-refractivity contribution in [2.45, 2.75) is 32.4 Å². The summed E-state index contributed by atoms with van der Waals surface area (Å²) in [5.41, 5.74) is 0.991. The van der Waals surface area contributed by atoms with Gasteiger partial charge in [-0.1, -0.05) is 31.1 Å². The topological polar surface area (TPSA) is 88.0 Å². The van der Waals surface area contributed by atoms with Crippen molar-refractivity contribution < 1.29 is 23.9 Å². The van der Waals surface area contributed by atoms with E-state index in [1.807, 2.05) is 0 Å². The number of hydrogen-bond donors (Lipinski definition) is 2. The van der Waals surface area contributed by atoms with Crippen LogP contribution in [0.3, 0.4) is 0 Å². The van der Waals surface area contributed by atoms with Crippen LogP contribution in [0.4, 0.5) is 4.39 Å². The summed E-state index contributed by atoms with van der Waals surface area (Å²) < 4.78 is 13.2. The minimum Gasteiger partial charge on any atom is -0.480 e. The third kappa shape index (κ3) is 3.60. The number of nitrogens with one attached hydrogen (secondary N) is 1. The zero-order chi connectivity index (χ0) is 16.3. The molecule has 2 rings (SSSR count). The molecule has 0 fully saturated rings.